The Hall–Kier alpha value is -1.11. The van der Waals surface area contributed by atoms with Crippen LogP contribution in [-0.4, -0.2) is 27.2 Å². The first-order valence-corrected chi connectivity index (χ1v) is 6.39. The van der Waals surface area contributed by atoms with Crippen molar-refractivity contribution < 1.29 is 13.6 Å². The van der Waals surface area contributed by atoms with E-state index in [0.717, 1.165) is 16.9 Å². The Labute approximate surface area is 103 Å². The van der Waals surface area contributed by atoms with Crippen molar-refractivity contribution in [2.24, 2.45) is 7.05 Å². The van der Waals surface area contributed by atoms with E-state index in [1.54, 1.807) is 0 Å². The Kier molecular flexibility index (Phi) is 5.40. The van der Waals surface area contributed by atoms with Crippen LogP contribution >= 0.6 is 11.8 Å². The standard InChI is InChI=1S/C10H15F2N3OS/c1-3-4-17-6-8(16)14-7-5-13-15(2)9(7)10(11)12/h5,10H,3-4,6H2,1-2H3,(H,14,16). The molecule has 0 aromatic carbocycles. The predicted molar refractivity (Wildman–Crippen MR) is 64.4 cm³/mol. The largest absolute Gasteiger partial charge is 0.322 e. The molecule has 1 amide bonds. The van der Waals surface area contributed by atoms with E-state index in [1.165, 1.54) is 25.0 Å². The maximum absolute atomic E-state index is 12.7. The summed E-state index contributed by atoms with van der Waals surface area (Å²) in [4.78, 5) is 11.5. The predicted octanol–water partition coefficient (Wildman–Crippen LogP) is 2.44. The summed E-state index contributed by atoms with van der Waals surface area (Å²) in [5, 5.41) is 6.15. The first-order chi connectivity index (χ1) is 8.06. The number of aromatic nitrogens is 2. The van der Waals surface area contributed by atoms with E-state index in [9.17, 15) is 13.6 Å². The van der Waals surface area contributed by atoms with E-state index in [0.29, 0.717) is 0 Å². The van der Waals surface area contributed by atoms with Gasteiger partial charge in [0.2, 0.25) is 5.91 Å². The summed E-state index contributed by atoms with van der Waals surface area (Å²) in [6.07, 6.45) is -0.433. The van der Waals surface area contributed by atoms with Crippen LogP contribution in [0.15, 0.2) is 6.20 Å². The van der Waals surface area contributed by atoms with Gasteiger partial charge in [-0.2, -0.15) is 16.9 Å². The number of anilines is 1. The lowest BCUT2D eigenvalue weighted by molar-refractivity contribution is -0.113. The minimum absolute atomic E-state index is 0.0876. The van der Waals surface area contributed by atoms with E-state index >= 15 is 0 Å². The van der Waals surface area contributed by atoms with Crippen LogP contribution < -0.4 is 5.32 Å². The number of thioether (sulfide) groups is 1. The quantitative estimate of drug-likeness (QED) is 0.802. The van der Waals surface area contributed by atoms with Gasteiger partial charge in [0.1, 0.15) is 5.69 Å². The average Bonchev–Trinajstić information content (AvgIpc) is 2.60. The van der Waals surface area contributed by atoms with Gasteiger partial charge in [0.05, 0.1) is 17.6 Å². The molecule has 0 aliphatic heterocycles. The van der Waals surface area contributed by atoms with Gasteiger partial charge in [-0.15, -0.1) is 0 Å². The van der Waals surface area contributed by atoms with E-state index in [4.69, 9.17) is 0 Å². The molecule has 0 spiro atoms. The first-order valence-electron chi connectivity index (χ1n) is 5.23. The van der Waals surface area contributed by atoms with E-state index in [2.05, 4.69) is 10.4 Å². The van der Waals surface area contributed by atoms with Crippen LogP contribution in [0.1, 0.15) is 25.5 Å². The molecule has 0 fully saturated rings. The summed E-state index contributed by atoms with van der Waals surface area (Å²) in [5.74, 6) is 0.867. The van der Waals surface area contributed by atoms with Crippen molar-refractivity contribution in [2.75, 3.05) is 16.8 Å². The molecule has 0 aliphatic carbocycles. The molecule has 0 aliphatic rings. The lowest BCUT2D eigenvalue weighted by Gasteiger charge is -2.06. The number of hydrogen-bond donors (Lipinski definition) is 1. The molecule has 1 N–H and O–H groups in total. The van der Waals surface area contributed by atoms with Gasteiger partial charge in [-0.05, 0) is 12.2 Å². The Balaban J connectivity index is 2.59. The monoisotopic (exact) mass is 263 g/mol. The number of carbonyl (C=O) groups is 1. The van der Waals surface area contributed by atoms with Crippen LogP contribution in [0.5, 0.6) is 0 Å². The van der Waals surface area contributed by atoms with Crippen molar-refractivity contribution in [3.63, 3.8) is 0 Å². The molecule has 17 heavy (non-hydrogen) atoms. The van der Waals surface area contributed by atoms with Crippen molar-refractivity contribution in [3.8, 4) is 0 Å². The van der Waals surface area contributed by atoms with Gasteiger partial charge in [-0.1, -0.05) is 6.92 Å². The molecule has 0 saturated carbocycles. The second-order valence-corrected chi connectivity index (χ2v) is 4.57. The molecule has 4 nitrogen and oxygen atoms in total. The van der Waals surface area contributed by atoms with Gasteiger partial charge in [0.25, 0.3) is 6.43 Å². The molecule has 1 aromatic heterocycles. The van der Waals surface area contributed by atoms with Crippen LogP contribution in [-0.2, 0) is 11.8 Å². The minimum atomic E-state index is -2.65. The fraction of sp³-hybridized carbons (Fsp3) is 0.600. The Bertz CT molecular complexity index is 382. The summed E-state index contributed by atoms with van der Waals surface area (Å²) in [7, 11) is 1.42. The van der Waals surface area contributed by atoms with Crippen molar-refractivity contribution >= 4 is 23.4 Å². The number of alkyl halides is 2. The Morgan fingerprint density at radius 3 is 2.94 bits per heavy atom. The molecular weight excluding hydrogens is 248 g/mol. The molecule has 0 saturated heterocycles. The molecule has 96 valence electrons. The van der Waals surface area contributed by atoms with Gasteiger partial charge in [0, 0.05) is 7.05 Å². The number of nitrogens with zero attached hydrogens (tertiary/aromatic N) is 2. The smallest absolute Gasteiger partial charge is 0.282 e. The number of hydrogen-bond acceptors (Lipinski definition) is 3. The summed E-state index contributed by atoms with van der Waals surface area (Å²) >= 11 is 1.47. The number of carbonyl (C=O) groups excluding carboxylic acids is 1. The van der Waals surface area contributed by atoms with E-state index in [-0.39, 0.29) is 23.0 Å². The zero-order valence-electron chi connectivity index (χ0n) is 9.74. The molecule has 0 radical (unpaired) electrons. The van der Waals surface area contributed by atoms with Gasteiger partial charge < -0.3 is 5.32 Å². The summed E-state index contributed by atoms with van der Waals surface area (Å²) in [6, 6.07) is 0. The van der Waals surface area contributed by atoms with Gasteiger partial charge in [-0.25, -0.2) is 8.78 Å². The number of rotatable bonds is 6. The van der Waals surface area contributed by atoms with Gasteiger partial charge in [-0.3, -0.25) is 9.48 Å². The average molecular weight is 263 g/mol. The fourth-order valence-corrected chi connectivity index (χ4v) is 1.99. The second kappa shape index (κ2) is 6.58. The van der Waals surface area contributed by atoms with Gasteiger partial charge >= 0.3 is 0 Å². The third kappa shape index (κ3) is 3.99. The molecule has 7 heteroatoms. The highest BCUT2D eigenvalue weighted by Crippen LogP contribution is 2.26. The van der Waals surface area contributed by atoms with E-state index < -0.39 is 6.43 Å². The molecule has 1 heterocycles. The highest BCUT2D eigenvalue weighted by Gasteiger charge is 2.19. The highest BCUT2D eigenvalue weighted by molar-refractivity contribution is 7.99. The number of aryl methyl sites for hydroxylation is 1. The normalized spacial score (nSPS) is 10.9. The number of amides is 1. The summed E-state index contributed by atoms with van der Waals surface area (Å²) in [5.41, 5.74) is -0.177. The SMILES string of the molecule is CCCSCC(=O)Nc1cnn(C)c1C(F)F. The maximum Gasteiger partial charge on any atom is 0.282 e. The molecule has 0 atom stereocenters. The van der Waals surface area contributed by atoms with Crippen molar-refractivity contribution in [1.29, 1.82) is 0 Å². The third-order valence-electron chi connectivity index (χ3n) is 2.05. The number of nitrogens with one attached hydrogen (secondary N) is 1. The molecule has 0 bridgehead atoms. The van der Waals surface area contributed by atoms with Crippen LogP contribution in [0.25, 0.3) is 0 Å². The topological polar surface area (TPSA) is 46.9 Å². The lowest BCUT2D eigenvalue weighted by Crippen LogP contribution is -2.15. The molecule has 0 unspecified atom stereocenters. The van der Waals surface area contributed by atoms with E-state index in [1.807, 2.05) is 6.92 Å². The third-order valence-corrected chi connectivity index (χ3v) is 3.21. The lowest BCUT2D eigenvalue weighted by atomic mass is 10.3. The fourth-order valence-electron chi connectivity index (χ4n) is 1.30. The summed E-state index contributed by atoms with van der Waals surface area (Å²) in [6.45, 7) is 2.01. The van der Waals surface area contributed by atoms with Crippen LogP contribution in [0.2, 0.25) is 0 Å². The highest BCUT2D eigenvalue weighted by atomic mass is 32.2. The molecule has 1 aromatic rings. The van der Waals surface area contributed by atoms with Crippen LogP contribution in [0.3, 0.4) is 0 Å². The molecular formula is C10H15F2N3OS. The number of halogens is 2. The zero-order chi connectivity index (χ0) is 12.8. The van der Waals surface area contributed by atoms with Crippen molar-refractivity contribution in [1.82, 2.24) is 9.78 Å². The zero-order valence-corrected chi connectivity index (χ0v) is 10.6. The Morgan fingerprint density at radius 2 is 2.35 bits per heavy atom. The second-order valence-electron chi connectivity index (χ2n) is 3.47. The van der Waals surface area contributed by atoms with Crippen molar-refractivity contribution in [2.45, 2.75) is 19.8 Å². The van der Waals surface area contributed by atoms with Crippen LogP contribution in [0, 0.1) is 0 Å². The maximum atomic E-state index is 12.7. The minimum Gasteiger partial charge on any atom is -0.322 e. The Morgan fingerprint density at radius 1 is 1.65 bits per heavy atom. The van der Waals surface area contributed by atoms with Crippen molar-refractivity contribution in [3.05, 3.63) is 11.9 Å². The molecule has 1 rings (SSSR count). The first kappa shape index (κ1) is 14.0. The van der Waals surface area contributed by atoms with Gasteiger partial charge in [0.15, 0.2) is 0 Å². The summed E-state index contributed by atoms with van der Waals surface area (Å²) < 4.78 is 26.4. The van der Waals surface area contributed by atoms with Crippen LogP contribution in [0.4, 0.5) is 14.5 Å².